The Bertz CT molecular complexity index is 606. The van der Waals surface area contributed by atoms with Gasteiger partial charge in [0.2, 0.25) is 5.91 Å². The minimum absolute atomic E-state index is 0.175. The Morgan fingerprint density at radius 3 is 2.39 bits per heavy atom. The van der Waals surface area contributed by atoms with Gasteiger partial charge in [-0.1, -0.05) is 76.7 Å². The van der Waals surface area contributed by atoms with Crippen LogP contribution in [-0.2, 0) is 4.79 Å². The van der Waals surface area contributed by atoms with Gasteiger partial charge in [-0.05, 0) is 63.2 Å². The lowest BCUT2D eigenvalue weighted by atomic mass is 9.90. The molecule has 2 aliphatic carbocycles. The summed E-state index contributed by atoms with van der Waals surface area (Å²) in [4.78, 5) is 14.7. The van der Waals surface area contributed by atoms with Crippen LogP contribution in [0.3, 0.4) is 0 Å². The van der Waals surface area contributed by atoms with Gasteiger partial charge < -0.3 is 15.1 Å². The zero-order valence-electron chi connectivity index (χ0n) is 21.7. The van der Waals surface area contributed by atoms with E-state index in [1.807, 2.05) is 6.08 Å². The zero-order valence-corrected chi connectivity index (χ0v) is 21.7. The van der Waals surface area contributed by atoms with Gasteiger partial charge in [0.05, 0.1) is 12.2 Å². The minimum Gasteiger partial charge on any atom is -0.392 e. The standard InChI is InChI=1S/C29H51NO3/c1-4-7-10-14-25(31)16-17-26-27-21-23(20-24(27)22-28(26)32)13-11-12-15-29(33)30(18-8-5-2)19-9-6-3/h13,16-17,24-28,31-32H,4-12,14-15,18-22H2,1-3H3/b17-16+,23-13+/t24-,25-,26+,27-,28+/m0/s1. The molecule has 5 atom stereocenters. The third kappa shape index (κ3) is 9.56. The first kappa shape index (κ1) is 28.1. The Hall–Kier alpha value is -1.13. The first-order valence-electron chi connectivity index (χ1n) is 14.0. The molecule has 0 saturated heterocycles. The van der Waals surface area contributed by atoms with Crippen molar-refractivity contribution in [3.05, 3.63) is 23.8 Å². The molecule has 1 amide bonds. The molecule has 2 N–H and O–H groups in total. The highest BCUT2D eigenvalue weighted by molar-refractivity contribution is 5.76. The molecule has 0 spiro atoms. The highest BCUT2D eigenvalue weighted by atomic mass is 16.3. The van der Waals surface area contributed by atoms with Crippen LogP contribution in [0, 0.1) is 17.8 Å². The Morgan fingerprint density at radius 2 is 1.73 bits per heavy atom. The second-order valence-electron chi connectivity index (χ2n) is 10.5. The summed E-state index contributed by atoms with van der Waals surface area (Å²) in [7, 11) is 0. The van der Waals surface area contributed by atoms with Gasteiger partial charge in [0.1, 0.15) is 0 Å². The lowest BCUT2D eigenvalue weighted by Gasteiger charge is -2.22. The quantitative estimate of drug-likeness (QED) is 0.206. The minimum atomic E-state index is -0.383. The van der Waals surface area contributed by atoms with Crippen molar-refractivity contribution in [2.24, 2.45) is 17.8 Å². The van der Waals surface area contributed by atoms with E-state index in [1.165, 1.54) is 12.0 Å². The fourth-order valence-corrected chi connectivity index (χ4v) is 5.67. The third-order valence-corrected chi connectivity index (χ3v) is 7.71. The largest absolute Gasteiger partial charge is 0.392 e. The second kappa shape index (κ2) is 15.7. The maximum atomic E-state index is 12.6. The van der Waals surface area contributed by atoms with E-state index in [9.17, 15) is 15.0 Å². The van der Waals surface area contributed by atoms with Gasteiger partial charge in [-0.15, -0.1) is 0 Å². The van der Waals surface area contributed by atoms with Gasteiger partial charge in [-0.25, -0.2) is 0 Å². The van der Waals surface area contributed by atoms with E-state index in [2.05, 4.69) is 37.8 Å². The van der Waals surface area contributed by atoms with Gasteiger partial charge in [-0.2, -0.15) is 0 Å². The van der Waals surface area contributed by atoms with Crippen LogP contribution < -0.4 is 0 Å². The fourth-order valence-electron chi connectivity index (χ4n) is 5.67. The van der Waals surface area contributed by atoms with E-state index in [1.54, 1.807) is 0 Å². The van der Waals surface area contributed by atoms with Crippen molar-refractivity contribution in [3.8, 4) is 0 Å². The zero-order chi connectivity index (χ0) is 24.1. The summed E-state index contributed by atoms with van der Waals surface area (Å²) >= 11 is 0. The molecule has 0 bridgehead atoms. The second-order valence-corrected chi connectivity index (χ2v) is 10.5. The van der Waals surface area contributed by atoms with Crippen molar-refractivity contribution in [1.82, 2.24) is 4.90 Å². The van der Waals surface area contributed by atoms with Crippen molar-refractivity contribution < 1.29 is 15.0 Å². The van der Waals surface area contributed by atoms with E-state index >= 15 is 0 Å². The maximum Gasteiger partial charge on any atom is 0.222 e. The van der Waals surface area contributed by atoms with Crippen LogP contribution in [0.15, 0.2) is 23.8 Å². The number of aliphatic hydroxyl groups excluding tert-OH is 2. The Kier molecular flexibility index (Phi) is 13.4. The number of carbonyl (C=O) groups excluding carboxylic acids is 1. The van der Waals surface area contributed by atoms with Crippen LogP contribution in [0.4, 0.5) is 0 Å². The molecule has 0 aromatic rings. The molecule has 2 aliphatic rings. The summed E-state index contributed by atoms with van der Waals surface area (Å²) in [5, 5.41) is 20.8. The van der Waals surface area contributed by atoms with Gasteiger partial charge in [0, 0.05) is 25.4 Å². The third-order valence-electron chi connectivity index (χ3n) is 7.71. The summed E-state index contributed by atoms with van der Waals surface area (Å²) in [5.41, 5.74) is 1.51. The number of aliphatic hydroxyl groups is 2. The number of carbonyl (C=O) groups is 1. The maximum absolute atomic E-state index is 12.6. The molecule has 4 heteroatoms. The SMILES string of the molecule is CCCCC[C@H](O)/C=C/[C@@H]1[C@H]2C/C(=C/CCCC(=O)N(CCCC)CCCC)C[C@H]2C[C@H]1O. The molecule has 0 heterocycles. The number of nitrogens with zero attached hydrogens (tertiary/aromatic N) is 1. The average Bonchev–Trinajstić information content (AvgIpc) is 3.31. The van der Waals surface area contributed by atoms with E-state index in [4.69, 9.17) is 0 Å². The van der Waals surface area contributed by atoms with Crippen molar-refractivity contribution in [2.45, 2.75) is 123 Å². The molecule has 0 radical (unpaired) electrons. The Balaban J connectivity index is 1.77. The van der Waals surface area contributed by atoms with E-state index in [0.29, 0.717) is 24.2 Å². The fraction of sp³-hybridized carbons (Fsp3) is 0.828. The van der Waals surface area contributed by atoms with Crippen LogP contribution in [0.25, 0.3) is 0 Å². The topological polar surface area (TPSA) is 60.8 Å². The van der Waals surface area contributed by atoms with Crippen LogP contribution in [0.2, 0.25) is 0 Å². The number of hydrogen-bond acceptors (Lipinski definition) is 3. The highest BCUT2D eigenvalue weighted by Crippen LogP contribution is 2.50. The molecule has 0 aliphatic heterocycles. The first-order valence-corrected chi connectivity index (χ1v) is 14.0. The molecule has 0 unspecified atom stereocenters. The molecular formula is C29H51NO3. The van der Waals surface area contributed by atoms with Crippen molar-refractivity contribution in [1.29, 1.82) is 0 Å². The van der Waals surface area contributed by atoms with Gasteiger partial charge in [-0.3, -0.25) is 4.79 Å². The normalized spacial score (nSPS) is 26.9. The average molecular weight is 462 g/mol. The van der Waals surface area contributed by atoms with Gasteiger partial charge in [0.15, 0.2) is 0 Å². The van der Waals surface area contributed by atoms with E-state index in [0.717, 1.165) is 90.1 Å². The Labute approximate surface area is 203 Å². The molecule has 0 aromatic heterocycles. The van der Waals surface area contributed by atoms with Gasteiger partial charge in [0.25, 0.3) is 0 Å². The molecule has 33 heavy (non-hydrogen) atoms. The number of fused-ring (bicyclic) bond motifs is 1. The Morgan fingerprint density at radius 1 is 1.03 bits per heavy atom. The molecule has 190 valence electrons. The first-order chi connectivity index (χ1) is 16.0. The van der Waals surface area contributed by atoms with Crippen LogP contribution >= 0.6 is 0 Å². The van der Waals surface area contributed by atoms with Gasteiger partial charge >= 0.3 is 0 Å². The number of allylic oxidation sites excluding steroid dienone is 2. The summed E-state index contributed by atoms with van der Waals surface area (Å²) < 4.78 is 0. The number of unbranched alkanes of at least 4 members (excludes halogenated alkanes) is 5. The van der Waals surface area contributed by atoms with Crippen LogP contribution in [-0.4, -0.2) is 46.3 Å². The lowest BCUT2D eigenvalue weighted by Crippen LogP contribution is -2.32. The molecule has 2 fully saturated rings. The summed E-state index contributed by atoms with van der Waals surface area (Å²) in [5.74, 6) is 1.57. The number of rotatable bonds is 16. The van der Waals surface area contributed by atoms with Crippen molar-refractivity contribution in [3.63, 3.8) is 0 Å². The molecule has 2 saturated carbocycles. The monoisotopic (exact) mass is 461 g/mol. The predicted octanol–water partition coefficient (Wildman–Crippen LogP) is 6.42. The smallest absolute Gasteiger partial charge is 0.222 e. The van der Waals surface area contributed by atoms with Crippen molar-refractivity contribution in [2.75, 3.05) is 13.1 Å². The molecule has 2 rings (SSSR count). The van der Waals surface area contributed by atoms with E-state index in [-0.39, 0.29) is 18.1 Å². The highest BCUT2D eigenvalue weighted by Gasteiger charge is 2.44. The molecule has 0 aromatic carbocycles. The van der Waals surface area contributed by atoms with E-state index < -0.39 is 0 Å². The summed E-state index contributed by atoms with van der Waals surface area (Å²) in [6.45, 7) is 8.35. The van der Waals surface area contributed by atoms with Crippen LogP contribution in [0.5, 0.6) is 0 Å². The number of hydrogen-bond donors (Lipinski definition) is 2. The summed E-state index contributed by atoms with van der Waals surface area (Å²) in [6, 6.07) is 0. The molecule has 4 nitrogen and oxygen atoms in total. The molecular weight excluding hydrogens is 410 g/mol. The summed E-state index contributed by atoms with van der Waals surface area (Å²) in [6.07, 6.45) is 20.0. The van der Waals surface area contributed by atoms with Crippen molar-refractivity contribution >= 4 is 5.91 Å². The lowest BCUT2D eigenvalue weighted by molar-refractivity contribution is -0.131. The van der Waals surface area contributed by atoms with Crippen LogP contribution in [0.1, 0.15) is 111 Å². The number of amides is 1. The predicted molar refractivity (Wildman–Crippen MR) is 138 cm³/mol.